The summed E-state index contributed by atoms with van der Waals surface area (Å²) in [5, 5.41) is 3.07. The van der Waals surface area contributed by atoms with E-state index in [0.717, 1.165) is 29.1 Å². The molecule has 21 heavy (non-hydrogen) atoms. The molecule has 0 radical (unpaired) electrons. The minimum atomic E-state index is -3.48. The molecule has 0 aliphatic rings. The Labute approximate surface area is 129 Å². The van der Waals surface area contributed by atoms with Gasteiger partial charge in [-0.1, -0.05) is 12.1 Å². The van der Waals surface area contributed by atoms with E-state index >= 15 is 0 Å². The van der Waals surface area contributed by atoms with Gasteiger partial charge in [0.1, 0.15) is 0 Å². The molecule has 0 amide bonds. The molecule has 2 rings (SSSR count). The number of rotatable bonds is 7. The Hall–Kier alpha value is -1.28. The van der Waals surface area contributed by atoms with E-state index in [0.29, 0.717) is 0 Å². The number of nitrogens with zero attached hydrogens (tertiary/aromatic N) is 1. The molecule has 0 saturated heterocycles. The molecule has 0 aliphatic heterocycles. The number of benzene rings is 1. The lowest BCUT2D eigenvalue weighted by Crippen LogP contribution is -2.23. The van der Waals surface area contributed by atoms with Crippen molar-refractivity contribution < 1.29 is 8.42 Å². The number of hydrogen-bond donors (Lipinski definition) is 2. The first kappa shape index (κ1) is 16.1. The molecular formula is C14H19N3O2S2. The topological polar surface area (TPSA) is 71.1 Å². The Morgan fingerprint density at radius 1 is 1.24 bits per heavy atom. The first-order valence-corrected chi connectivity index (χ1v) is 9.01. The van der Waals surface area contributed by atoms with Crippen LogP contribution in [-0.2, 0) is 23.0 Å². The molecule has 0 atom stereocenters. The number of hydrogen-bond acceptors (Lipinski definition) is 5. The summed E-state index contributed by atoms with van der Waals surface area (Å²) in [5.41, 5.74) is 3.70. The summed E-state index contributed by atoms with van der Waals surface area (Å²) in [6.07, 6.45) is 0.879. The van der Waals surface area contributed by atoms with Gasteiger partial charge >= 0.3 is 0 Å². The number of sulfonamides is 1. The minimum absolute atomic E-state index is 0.278. The Balaban J connectivity index is 2.03. The fourth-order valence-corrected chi connectivity index (χ4v) is 3.65. The van der Waals surface area contributed by atoms with E-state index in [1.807, 2.05) is 26.1 Å². The number of likely N-dealkylation sites (N-methyl/N-ethyl adjacent to an activating group) is 1. The zero-order valence-electron chi connectivity index (χ0n) is 12.1. The van der Waals surface area contributed by atoms with Gasteiger partial charge in [-0.25, -0.2) is 18.1 Å². The fraction of sp³-hybridized carbons (Fsp3) is 0.357. The molecule has 1 heterocycles. The van der Waals surface area contributed by atoms with Gasteiger partial charge in [0.2, 0.25) is 10.0 Å². The summed E-state index contributed by atoms with van der Waals surface area (Å²) >= 11 is 1.45. The second-order valence-electron chi connectivity index (χ2n) is 4.68. The Kier molecular flexibility index (Phi) is 5.46. The van der Waals surface area contributed by atoms with E-state index in [9.17, 15) is 8.42 Å². The van der Waals surface area contributed by atoms with Crippen LogP contribution in [0.2, 0.25) is 0 Å². The normalized spacial score (nSPS) is 11.7. The molecule has 1 aromatic carbocycles. The van der Waals surface area contributed by atoms with Crippen LogP contribution in [0.1, 0.15) is 16.1 Å². The highest BCUT2D eigenvalue weighted by molar-refractivity contribution is 7.89. The number of thiazole rings is 1. The molecule has 0 bridgehead atoms. The number of aromatic nitrogens is 1. The largest absolute Gasteiger partial charge is 0.319 e. The van der Waals surface area contributed by atoms with Crippen molar-refractivity contribution in [3.63, 3.8) is 0 Å². The van der Waals surface area contributed by atoms with E-state index in [4.69, 9.17) is 0 Å². The zero-order chi connectivity index (χ0) is 15.3. The molecule has 2 aromatic rings. The van der Waals surface area contributed by atoms with Gasteiger partial charge in [-0.05, 0) is 44.6 Å². The van der Waals surface area contributed by atoms with Crippen molar-refractivity contribution in [2.75, 3.05) is 13.6 Å². The summed E-state index contributed by atoms with van der Waals surface area (Å²) in [6.45, 7) is 3.02. The van der Waals surface area contributed by atoms with Crippen molar-refractivity contribution >= 4 is 21.4 Å². The average Bonchev–Trinajstić information content (AvgIpc) is 2.89. The molecule has 1 aromatic heterocycles. The standard InChI is InChI=1S/C14H19N3O2S2/c1-11-14(20-10-16-11)9-17-21(18,19)13-5-3-12(4-6-13)7-8-15-2/h3-6,10,15,17H,7-9H2,1-2H3. The van der Waals surface area contributed by atoms with E-state index in [1.165, 1.54) is 11.3 Å². The summed E-state index contributed by atoms with van der Waals surface area (Å²) in [4.78, 5) is 5.33. The number of aryl methyl sites for hydroxylation is 1. The molecule has 0 fully saturated rings. The van der Waals surface area contributed by atoms with E-state index in [-0.39, 0.29) is 11.4 Å². The third kappa shape index (κ3) is 4.34. The first-order chi connectivity index (χ1) is 10.0. The second kappa shape index (κ2) is 7.13. The predicted molar refractivity (Wildman–Crippen MR) is 84.9 cm³/mol. The average molecular weight is 325 g/mol. The van der Waals surface area contributed by atoms with Gasteiger partial charge in [0, 0.05) is 11.4 Å². The van der Waals surface area contributed by atoms with Crippen LogP contribution >= 0.6 is 11.3 Å². The van der Waals surface area contributed by atoms with Crippen LogP contribution in [0.3, 0.4) is 0 Å². The molecular weight excluding hydrogens is 306 g/mol. The predicted octanol–water partition coefficient (Wildman–Crippen LogP) is 1.69. The molecule has 5 nitrogen and oxygen atoms in total. The van der Waals surface area contributed by atoms with Crippen LogP contribution < -0.4 is 10.0 Å². The summed E-state index contributed by atoms with van der Waals surface area (Å²) in [6, 6.07) is 6.99. The molecule has 0 spiro atoms. The van der Waals surface area contributed by atoms with Gasteiger partial charge in [0.15, 0.2) is 0 Å². The molecule has 114 valence electrons. The van der Waals surface area contributed by atoms with Crippen molar-refractivity contribution in [3.05, 3.63) is 45.9 Å². The van der Waals surface area contributed by atoms with E-state index < -0.39 is 10.0 Å². The second-order valence-corrected chi connectivity index (χ2v) is 7.39. The Morgan fingerprint density at radius 2 is 1.95 bits per heavy atom. The highest BCUT2D eigenvalue weighted by Gasteiger charge is 2.14. The Bertz CT molecular complexity index is 678. The van der Waals surface area contributed by atoms with Crippen LogP contribution in [0.4, 0.5) is 0 Å². The van der Waals surface area contributed by atoms with Gasteiger partial charge in [-0.15, -0.1) is 11.3 Å². The number of nitrogens with one attached hydrogen (secondary N) is 2. The van der Waals surface area contributed by atoms with E-state index in [2.05, 4.69) is 15.0 Å². The van der Waals surface area contributed by atoms with Crippen molar-refractivity contribution in [2.45, 2.75) is 24.8 Å². The van der Waals surface area contributed by atoms with E-state index in [1.54, 1.807) is 17.6 Å². The molecule has 7 heteroatoms. The smallest absolute Gasteiger partial charge is 0.240 e. The molecule has 0 saturated carbocycles. The van der Waals surface area contributed by atoms with Crippen molar-refractivity contribution in [3.8, 4) is 0 Å². The quantitative estimate of drug-likeness (QED) is 0.813. The summed E-state index contributed by atoms with van der Waals surface area (Å²) in [7, 11) is -1.58. The third-order valence-electron chi connectivity index (χ3n) is 3.16. The highest BCUT2D eigenvalue weighted by atomic mass is 32.2. The molecule has 0 unspecified atom stereocenters. The van der Waals surface area contributed by atoms with Crippen LogP contribution in [0.25, 0.3) is 0 Å². The summed E-state index contributed by atoms with van der Waals surface area (Å²) < 4.78 is 27.1. The van der Waals surface area contributed by atoms with Gasteiger partial charge < -0.3 is 5.32 Å². The zero-order valence-corrected chi connectivity index (χ0v) is 13.7. The monoisotopic (exact) mass is 325 g/mol. The SMILES string of the molecule is CNCCc1ccc(S(=O)(=O)NCc2scnc2C)cc1. The molecule has 2 N–H and O–H groups in total. The van der Waals surface area contributed by atoms with Gasteiger partial charge in [-0.3, -0.25) is 0 Å². The van der Waals surface area contributed by atoms with Gasteiger partial charge in [0.05, 0.1) is 16.1 Å². The van der Waals surface area contributed by atoms with Crippen LogP contribution in [-0.4, -0.2) is 27.0 Å². The maximum Gasteiger partial charge on any atom is 0.240 e. The maximum atomic E-state index is 12.2. The fourth-order valence-electron chi connectivity index (χ4n) is 1.84. The maximum absolute atomic E-state index is 12.2. The minimum Gasteiger partial charge on any atom is -0.319 e. The van der Waals surface area contributed by atoms with Crippen LogP contribution in [0.15, 0.2) is 34.7 Å². The Morgan fingerprint density at radius 3 is 2.52 bits per heavy atom. The highest BCUT2D eigenvalue weighted by Crippen LogP contribution is 2.15. The van der Waals surface area contributed by atoms with Crippen molar-refractivity contribution in [1.82, 2.24) is 15.0 Å². The van der Waals surface area contributed by atoms with Crippen molar-refractivity contribution in [2.24, 2.45) is 0 Å². The summed E-state index contributed by atoms with van der Waals surface area (Å²) in [5.74, 6) is 0. The lowest BCUT2D eigenvalue weighted by atomic mass is 10.1. The van der Waals surface area contributed by atoms with Crippen molar-refractivity contribution in [1.29, 1.82) is 0 Å². The lowest BCUT2D eigenvalue weighted by Gasteiger charge is -2.07. The third-order valence-corrected chi connectivity index (χ3v) is 5.52. The lowest BCUT2D eigenvalue weighted by molar-refractivity contribution is 0.581. The molecule has 0 aliphatic carbocycles. The first-order valence-electron chi connectivity index (χ1n) is 6.65. The van der Waals surface area contributed by atoms with Crippen LogP contribution in [0, 0.1) is 6.92 Å². The van der Waals surface area contributed by atoms with Crippen LogP contribution in [0.5, 0.6) is 0 Å². The van der Waals surface area contributed by atoms with Gasteiger partial charge in [0.25, 0.3) is 0 Å². The van der Waals surface area contributed by atoms with Gasteiger partial charge in [-0.2, -0.15) is 0 Å².